The predicted molar refractivity (Wildman–Crippen MR) is 69.0 cm³/mol. The summed E-state index contributed by atoms with van der Waals surface area (Å²) in [5.41, 5.74) is 5.30. The smallest absolute Gasteiger partial charge is 0.307 e. The third-order valence-electron chi connectivity index (χ3n) is 2.22. The van der Waals surface area contributed by atoms with Crippen LogP contribution in [-0.4, -0.2) is 49.1 Å². The first kappa shape index (κ1) is 16.3. The number of nitrogens with zero attached hydrogens (tertiary/aromatic N) is 1. The van der Waals surface area contributed by atoms with Crippen molar-refractivity contribution in [1.82, 2.24) is 4.31 Å². The van der Waals surface area contributed by atoms with E-state index < -0.39 is 21.2 Å². The SMILES string of the molecule is CCOC(=O)CCN(C)S(=O)(=O)C(C)C(N)=S. The third kappa shape index (κ3) is 4.97. The van der Waals surface area contributed by atoms with Crippen molar-refractivity contribution in [3.63, 3.8) is 0 Å². The van der Waals surface area contributed by atoms with E-state index in [0.717, 1.165) is 4.31 Å². The van der Waals surface area contributed by atoms with Gasteiger partial charge in [-0.3, -0.25) is 4.79 Å². The zero-order chi connectivity index (χ0) is 13.6. The van der Waals surface area contributed by atoms with Crippen LogP contribution in [0.1, 0.15) is 20.3 Å². The van der Waals surface area contributed by atoms with E-state index in [0.29, 0.717) is 0 Å². The predicted octanol–water partition coefficient (Wildman–Crippen LogP) is -0.124. The van der Waals surface area contributed by atoms with Gasteiger partial charge in [0.05, 0.1) is 18.0 Å². The molecule has 0 saturated heterocycles. The molecule has 1 unspecified atom stereocenters. The van der Waals surface area contributed by atoms with Crippen LogP contribution in [0.25, 0.3) is 0 Å². The molecule has 1 atom stereocenters. The summed E-state index contributed by atoms with van der Waals surface area (Å²) in [6.45, 7) is 3.43. The van der Waals surface area contributed by atoms with Crippen LogP contribution >= 0.6 is 12.2 Å². The quantitative estimate of drug-likeness (QED) is 0.517. The number of hydrogen-bond donors (Lipinski definition) is 1. The molecule has 0 aromatic carbocycles. The van der Waals surface area contributed by atoms with E-state index in [-0.39, 0.29) is 24.6 Å². The Hall–Kier alpha value is -0.730. The molecule has 0 saturated carbocycles. The molecule has 0 radical (unpaired) electrons. The van der Waals surface area contributed by atoms with Crippen LogP contribution < -0.4 is 5.73 Å². The molecule has 2 N–H and O–H groups in total. The first-order valence-corrected chi connectivity index (χ1v) is 7.04. The van der Waals surface area contributed by atoms with Crippen molar-refractivity contribution >= 4 is 33.2 Å². The fourth-order valence-corrected chi connectivity index (χ4v) is 2.57. The number of hydrogen-bond acceptors (Lipinski definition) is 5. The van der Waals surface area contributed by atoms with Gasteiger partial charge in [-0.05, 0) is 13.8 Å². The number of esters is 1. The van der Waals surface area contributed by atoms with Gasteiger partial charge < -0.3 is 10.5 Å². The second kappa shape index (κ2) is 6.87. The lowest BCUT2D eigenvalue weighted by Gasteiger charge is -2.20. The highest BCUT2D eigenvalue weighted by atomic mass is 32.2. The number of sulfonamides is 1. The van der Waals surface area contributed by atoms with E-state index >= 15 is 0 Å². The van der Waals surface area contributed by atoms with E-state index in [1.807, 2.05) is 0 Å². The minimum atomic E-state index is -3.59. The van der Waals surface area contributed by atoms with E-state index in [9.17, 15) is 13.2 Å². The molecule has 8 heteroatoms. The molecule has 0 amide bonds. The monoisotopic (exact) mass is 282 g/mol. The van der Waals surface area contributed by atoms with Crippen molar-refractivity contribution in [3.8, 4) is 0 Å². The number of rotatable bonds is 7. The summed E-state index contributed by atoms with van der Waals surface area (Å²) in [5, 5.41) is -0.940. The second-order valence-electron chi connectivity index (χ2n) is 3.47. The molecule has 6 nitrogen and oxygen atoms in total. The molecular formula is C9H18N2O4S2. The molecule has 0 aliphatic carbocycles. The number of carbonyl (C=O) groups is 1. The van der Waals surface area contributed by atoms with Gasteiger partial charge in [0.25, 0.3) is 0 Å². The van der Waals surface area contributed by atoms with Crippen LogP contribution in [0.3, 0.4) is 0 Å². The third-order valence-corrected chi connectivity index (χ3v) is 4.92. The average Bonchev–Trinajstić information content (AvgIpc) is 2.24. The van der Waals surface area contributed by atoms with Crippen molar-refractivity contribution in [2.24, 2.45) is 5.73 Å². The Balaban J connectivity index is 4.46. The molecule has 0 aromatic heterocycles. The highest BCUT2D eigenvalue weighted by Gasteiger charge is 2.28. The normalized spacial score (nSPS) is 13.4. The number of carbonyl (C=O) groups excluding carboxylic acids is 1. The van der Waals surface area contributed by atoms with Gasteiger partial charge in [-0.15, -0.1) is 0 Å². The summed E-state index contributed by atoms with van der Waals surface area (Å²) >= 11 is 4.64. The maximum absolute atomic E-state index is 11.8. The Morgan fingerprint density at radius 1 is 1.53 bits per heavy atom. The van der Waals surface area contributed by atoms with Crippen molar-refractivity contribution in [1.29, 1.82) is 0 Å². The summed E-state index contributed by atoms with van der Waals surface area (Å²) in [7, 11) is -2.21. The molecule has 17 heavy (non-hydrogen) atoms. The molecule has 0 heterocycles. The van der Waals surface area contributed by atoms with E-state index in [1.54, 1.807) is 6.92 Å². The summed E-state index contributed by atoms with van der Waals surface area (Å²) < 4.78 is 29.5. The Labute approximate surface area is 107 Å². The number of ether oxygens (including phenoxy) is 1. The van der Waals surface area contributed by atoms with Gasteiger partial charge in [0.15, 0.2) is 0 Å². The van der Waals surface area contributed by atoms with Crippen molar-refractivity contribution in [3.05, 3.63) is 0 Å². The molecule has 100 valence electrons. The molecule has 0 aromatic rings. The zero-order valence-electron chi connectivity index (χ0n) is 10.2. The fraction of sp³-hybridized carbons (Fsp3) is 0.778. The molecule has 0 spiro atoms. The first-order chi connectivity index (χ1) is 7.73. The highest BCUT2D eigenvalue weighted by molar-refractivity contribution is 7.92. The maximum atomic E-state index is 11.8. The number of nitrogens with two attached hydrogens (primary N) is 1. The minimum Gasteiger partial charge on any atom is -0.466 e. The number of thiocarbonyl (C=S) groups is 1. The minimum absolute atomic E-state index is 0.00756. The fourth-order valence-electron chi connectivity index (χ4n) is 1.03. The second-order valence-corrected chi connectivity index (χ2v) is 6.30. The van der Waals surface area contributed by atoms with Crippen molar-refractivity contribution < 1.29 is 17.9 Å². The maximum Gasteiger partial charge on any atom is 0.307 e. The van der Waals surface area contributed by atoms with Gasteiger partial charge in [-0.2, -0.15) is 0 Å². The van der Waals surface area contributed by atoms with Crippen LogP contribution in [0, 0.1) is 0 Å². The lowest BCUT2D eigenvalue weighted by molar-refractivity contribution is -0.143. The molecule has 0 bridgehead atoms. The Morgan fingerprint density at radius 2 is 2.06 bits per heavy atom. The van der Waals surface area contributed by atoms with Crippen LogP contribution in [0.5, 0.6) is 0 Å². The first-order valence-electron chi connectivity index (χ1n) is 5.13. The average molecular weight is 282 g/mol. The Morgan fingerprint density at radius 3 is 2.47 bits per heavy atom. The highest BCUT2D eigenvalue weighted by Crippen LogP contribution is 2.08. The van der Waals surface area contributed by atoms with Gasteiger partial charge in [0.1, 0.15) is 5.25 Å². The van der Waals surface area contributed by atoms with Crippen LogP contribution in [0.15, 0.2) is 0 Å². The van der Waals surface area contributed by atoms with Gasteiger partial charge in [-0.1, -0.05) is 12.2 Å². The lowest BCUT2D eigenvalue weighted by atomic mass is 10.4. The summed E-state index contributed by atoms with van der Waals surface area (Å²) in [5.74, 6) is -0.433. The summed E-state index contributed by atoms with van der Waals surface area (Å²) in [4.78, 5) is 11.0. The molecule has 0 fully saturated rings. The van der Waals surface area contributed by atoms with Gasteiger partial charge in [0.2, 0.25) is 10.0 Å². The summed E-state index contributed by atoms with van der Waals surface area (Å²) in [6, 6.07) is 0. The topological polar surface area (TPSA) is 89.7 Å². The van der Waals surface area contributed by atoms with Crippen LogP contribution in [0.4, 0.5) is 0 Å². The molecule has 0 rings (SSSR count). The molecule has 0 aliphatic rings. The lowest BCUT2D eigenvalue weighted by Crippen LogP contribution is -2.41. The van der Waals surface area contributed by atoms with E-state index in [1.165, 1.54) is 14.0 Å². The summed E-state index contributed by atoms with van der Waals surface area (Å²) in [6.07, 6.45) is 0.00756. The zero-order valence-corrected chi connectivity index (χ0v) is 11.8. The van der Waals surface area contributed by atoms with Crippen molar-refractivity contribution in [2.75, 3.05) is 20.2 Å². The Bertz CT molecular complexity index is 380. The van der Waals surface area contributed by atoms with Crippen molar-refractivity contribution in [2.45, 2.75) is 25.5 Å². The van der Waals surface area contributed by atoms with E-state index in [4.69, 9.17) is 10.5 Å². The largest absolute Gasteiger partial charge is 0.466 e. The van der Waals surface area contributed by atoms with Gasteiger partial charge >= 0.3 is 5.97 Å². The van der Waals surface area contributed by atoms with Crippen LogP contribution in [-0.2, 0) is 19.6 Å². The Kier molecular flexibility index (Phi) is 6.58. The van der Waals surface area contributed by atoms with Gasteiger partial charge in [-0.25, -0.2) is 12.7 Å². The molecule has 0 aliphatic heterocycles. The molecular weight excluding hydrogens is 264 g/mol. The van der Waals surface area contributed by atoms with Crippen LogP contribution in [0.2, 0.25) is 0 Å². The van der Waals surface area contributed by atoms with E-state index in [2.05, 4.69) is 12.2 Å². The van der Waals surface area contributed by atoms with Gasteiger partial charge in [0, 0.05) is 13.6 Å². The standard InChI is InChI=1S/C9H18N2O4S2/c1-4-15-8(12)5-6-11(3)17(13,14)7(2)9(10)16/h7H,4-6H2,1-3H3,(H2,10,16).